The van der Waals surface area contributed by atoms with Crippen LogP contribution < -0.4 is 16.4 Å². The number of nitrogens with one attached hydrogen (secondary N) is 2. The van der Waals surface area contributed by atoms with E-state index in [1.54, 1.807) is 12.3 Å². The Labute approximate surface area is 114 Å². The first-order valence-electron chi connectivity index (χ1n) is 6.91. The minimum Gasteiger partial charge on any atom is -0.381 e. The lowest BCUT2D eigenvalue weighted by Gasteiger charge is -2.30. The fraction of sp³-hybridized carbons (Fsp3) is 0.571. The van der Waals surface area contributed by atoms with Gasteiger partial charge in [0.05, 0.1) is 18.4 Å². The van der Waals surface area contributed by atoms with Crippen molar-refractivity contribution < 1.29 is 4.79 Å². The summed E-state index contributed by atoms with van der Waals surface area (Å²) in [5, 5.41) is 6.15. The van der Waals surface area contributed by atoms with Crippen molar-refractivity contribution in [1.29, 1.82) is 0 Å². The highest BCUT2D eigenvalue weighted by Crippen LogP contribution is 2.26. The van der Waals surface area contributed by atoms with Crippen molar-refractivity contribution in [2.75, 3.05) is 17.2 Å². The van der Waals surface area contributed by atoms with Crippen LogP contribution in [0.25, 0.3) is 0 Å². The second-order valence-electron chi connectivity index (χ2n) is 5.20. The zero-order valence-corrected chi connectivity index (χ0v) is 11.4. The molecule has 1 fully saturated rings. The average Bonchev–Trinajstić information content (AvgIpc) is 2.43. The van der Waals surface area contributed by atoms with Gasteiger partial charge in [-0.2, -0.15) is 0 Å². The van der Waals surface area contributed by atoms with Gasteiger partial charge in [-0.1, -0.05) is 19.8 Å². The first-order chi connectivity index (χ1) is 9.19. The summed E-state index contributed by atoms with van der Waals surface area (Å²) in [6, 6.07) is 4.27. The standard InChI is InChI=1S/C14H22N4O/c1-10-4-2-3-5-12(10)17-11-6-7-13(16-9-11)18-14(19)8-15/h6-7,9-10,12,17H,2-5,8,15H2,1H3,(H,16,18,19). The molecule has 1 aromatic rings. The third-order valence-corrected chi connectivity index (χ3v) is 3.68. The Kier molecular flexibility index (Phi) is 4.74. The number of rotatable bonds is 4. The maximum absolute atomic E-state index is 11.1. The summed E-state index contributed by atoms with van der Waals surface area (Å²) in [5.41, 5.74) is 6.24. The van der Waals surface area contributed by atoms with Crippen LogP contribution in [0.4, 0.5) is 11.5 Å². The van der Waals surface area contributed by atoms with Crippen LogP contribution in [0.3, 0.4) is 0 Å². The molecular weight excluding hydrogens is 240 g/mol. The molecule has 0 bridgehead atoms. The quantitative estimate of drug-likeness (QED) is 0.775. The smallest absolute Gasteiger partial charge is 0.239 e. The molecule has 1 amide bonds. The molecule has 2 atom stereocenters. The number of hydrogen-bond donors (Lipinski definition) is 3. The molecule has 1 aliphatic rings. The normalized spacial score (nSPS) is 22.8. The number of aromatic nitrogens is 1. The number of anilines is 2. The predicted molar refractivity (Wildman–Crippen MR) is 77.0 cm³/mol. The van der Waals surface area contributed by atoms with Crippen LogP contribution in [-0.2, 0) is 4.79 Å². The highest BCUT2D eigenvalue weighted by atomic mass is 16.1. The molecule has 1 saturated carbocycles. The number of amides is 1. The lowest BCUT2D eigenvalue weighted by Crippen LogP contribution is -2.30. The third kappa shape index (κ3) is 3.92. The number of carbonyl (C=O) groups excluding carboxylic acids is 1. The van der Waals surface area contributed by atoms with Gasteiger partial charge in [0, 0.05) is 6.04 Å². The Morgan fingerprint density at radius 1 is 1.42 bits per heavy atom. The lowest BCUT2D eigenvalue weighted by molar-refractivity contribution is -0.114. The highest BCUT2D eigenvalue weighted by molar-refractivity contribution is 5.91. The van der Waals surface area contributed by atoms with Crippen molar-refractivity contribution in [3.05, 3.63) is 18.3 Å². The molecule has 1 heterocycles. The first kappa shape index (κ1) is 13.8. The van der Waals surface area contributed by atoms with E-state index in [1.165, 1.54) is 25.7 Å². The Bertz CT molecular complexity index is 418. The Balaban J connectivity index is 1.92. The zero-order chi connectivity index (χ0) is 13.7. The van der Waals surface area contributed by atoms with Crippen molar-refractivity contribution in [2.45, 2.75) is 38.6 Å². The number of nitrogens with two attached hydrogens (primary N) is 1. The van der Waals surface area contributed by atoms with Gasteiger partial charge in [-0.05, 0) is 30.9 Å². The van der Waals surface area contributed by atoms with Gasteiger partial charge in [0.15, 0.2) is 0 Å². The monoisotopic (exact) mass is 262 g/mol. The molecule has 19 heavy (non-hydrogen) atoms. The van der Waals surface area contributed by atoms with E-state index in [2.05, 4.69) is 22.5 Å². The zero-order valence-electron chi connectivity index (χ0n) is 11.4. The highest BCUT2D eigenvalue weighted by Gasteiger charge is 2.20. The molecule has 0 spiro atoms. The largest absolute Gasteiger partial charge is 0.381 e. The van der Waals surface area contributed by atoms with E-state index < -0.39 is 0 Å². The Hall–Kier alpha value is -1.62. The molecule has 0 saturated heterocycles. The number of hydrogen-bond acceptors (Lipinski definition) is 4. The van der Waals surface area contributed by atoms with E-state index >= 15 is 0 Å². The maximum Gasteiger partial charge on any atom is 0.239 e. The van der Waals surface area contributed by atoms with Crippen LogP contribution in [0.2, 0.25) is 0 Å². The Morgan fingerprint density at radius 3 is 2.84 bits per heavy atom. The van der Waals surface area contributed by atoms with E-state index in [4.69, 9.17) is 5.73 Å². The molecule has 0 aromatic carbocycles. The number of nitrogens with zero attached hydrogens (tertiary/aromatic N) is 1. The molecule has 4 N–H and O–H groups in total. The summed E-state index contributed by atoms with van der Waals surface area (Å²) >= 11 is 0. The summed E-state index contributed by atoms with van der Waals surface area (Å²) in [6.45, 7) is 2.27. The Morgan fingerprint density at radius 2 is 2.21 bits per heavy atom. The molecule has 5 heteroatoms. The SMILES string of the molecule is CC1CCCCC1Nc1ccc(NC(=O)CN)nc1. The molecule has 0 aliphatic heterocycles. The van der Waals surface area contributed by atoms with Crippen molar-refractivity contribution >= 4 is 17.4 Å². The summed E-state index contributed by atoms with van der Waals surface area (Å²) in [7, 11) is 0. The van der Waals surface area contributed by atoms with Gasteiger partial charge in [-0.15, -0.1) is 0 Å². The predicted octanol–water partition coefficient (Wildman–Crippen LogP) is 1.97. The number of pyridine rings is 1. The molecular formula is C14H22N4O. The van der Waals surface area contributed by atoms with Crippen molar-refractivity contribution in [3.63, 3.8) is 0 Å². The second-order valence-corrected chi connectivity index (χ2v) is 5.20. The van der Waals surface area contributed by atoms with E-state index in [0.717, 1.165) is 5.69 Å². The second kappa shape index (κ2) is 6.52. The van der Waals surface area contributed by atoms with E-state index in [0.29, 0.717) is 17.8 Å². The summed E-state index contributed by atoms with van der Waals surface area (Å²) in [6.07, 6.45) is 6.89. The van der Waals surface area contributed by atoms with Crippen LogP contribution in [-0.4, -0.2) is 23.5 Å². The third-order valence-electron chi connectivity index (χ3n) is 3.68. The van der Waals surface area contributed by atoms with Gasteiger partial charge in [-0.3, -0.25) is 4.79 Å². The lowest BCUT2D eigenvalue weighted by atomic mass is 9.86. The average molecular weight is 262 g/mol. The van der Waals surface area contributed by atoms with Crippen LogP contribution in [0, 0.1) is 5.92 Å². The van der Waals surface area contributed by atoms with E-state index in [-0.39, 0.29) is 12.5 Å². The van der Waals surface area contributed by atoms with Gasteiger partial charge in [0.1, 0.15) is 5.82 Å². The van der Waals surface area contributed by atoms with Crippen LogP contribution >= 0.6 is 0 Å². The minimum atomic E-state index is -0.228. The van der Waals surface area contributed by atoms with Crippen LogP contribution in [0.1, 0.15) is 32.6 Å². The van der Waals surface area contributed by atoms with Gasteiger partial charge in [-0.25, -0.2) is 4.98 Å². The summed E-state index contributed by atoms with van der Waals surface area (Å²) in [5.74, 6) is 1.01. The van der Waals surface area contributed by atoms with Crippen molar-refractivity contribution in [1.82, 2.24) is 4.98 Å². The summed E-state index contributed by atoms with van der Waals surface area (Å²) in [4.78, 5) is 15.3. The van der Waals surface area contributed by atoms with Crippen LogP contribution in [0.15, 0.2) is 18.3 Å². The van der Waals surface area contributed by atoms with Gasteiger partial charge in [0.2, 0.25) is 5.91 Å². The summed E-state index contributed by atoms with van der Waals surface area (Å²) < 4.78 is 0. The molecule has 2 unspecified atom stereocenters. The molecule has 5 nitrogen and oxygen atoms in total. The molecule has 2 rings (SSSR count). The minimum absolute atomic E-state index is 0.0265. The number of carbonyl (C=O) groups is 1. The maximum atomic E-state index is 11.1. The molecule has 104 valence electrons. The molecule has 0 radical (unpaired) electrons. The van der Waals surface area contributed by atoms with Gasteiger partial charge >= 0.3 is 0 Å². The van der Waals surface area contributed by atoms with Gasteiger partial charge < -0.3 is 16.4 Å². The van der Waals surface area contributed by atoms with E-state index in [9.17, 15) is 4.79 Å². The van der Waals surface area contributed by atoms with Crippen LogP contribution in [0.5, 0.6) is 0 Å². The topological polar surface area (TPSA) is 80.0 Å². The fourth-order valence-corrected chi connectivity index (χ4v) is 2.49. The first-order valence-corrected chi connectivity index (χ1v) is 6.91. The molecule has 1 aromatic heterocycles. The van der Waals surface area contributed by atoms with Crippen molar-refractivity contribution in [2.24, 2.45) is 11.7 Å². The fourth-order valence-electron chi connectivity index (χ4n) is 2.49. The van der Waals surface area contributed by atoms with E-state index in [1.807, 2.05) is 6.07 Å². The van der Waals surface area contributed by atoms with Crippen molar-refractivity contribution in [3.8, 4) is 0 Å². The van der Waals surface area contributed by atoms with Gasteiger partial charge in [0.25, 0.3) is 0 Å². The molecule has 1 aliphatic carbocycles.